The molecule has 1 aliphatic rings. The quantitative estimate of drug-likeness (QED) is 0.677. The number of aromatic amines is 1. The number of aromatic nitrogens is 3. The molecule has 0 bridgehead atoms. The van der Waals surface area contributed by atoms with E-state index in [1.807, 2.05) is 0 Å². The van der Waals surface area contributed by atoms with Crippen LogP contribution < -0.4 is 9.04 Å². The van der Waals surface area contributed by atoms with Gasteiger partial charge < -0.3 is 9.29 Å². The molecule has 140 valence electrons. The van der Waals surface area contributed by atoms with Gasteiger partial charge in [-0.1, -0.05) is 0 Å². The van der Waals surface area contributed by atoms with Gasteiger partial charge in [0.15, 0.2) is 0 Å². The zero-order valence-electron chi connectivity index (χ0n) is 14.2. The number of fused-ring (bicyclic) bond motifs is 1. The number of hydrogen-bond acceptors (Lipinski definition) is 5. The number of nitrogens with one attached hydrogen (secondary N) is 1. The maximum Gasteiger partial charge on any atom is 0.219 e. The molecule has 0 saturated heterocycles. The number of pyridine rings is 1. The van der Waals surface area contributed by atoms with Crippen molar-refractivity contribution in [2.45, 2.75) is 25.3 Å². The number of rotatable bonds is 5. The second-order valence-electron chi connectivity index (χ2n) is 6.17. The Morgan fingerprint density at radius 1 is 1.22 bits per heavy atom. The first-order chi connectivity index (χ1) is 13.1. The third-order valence-electron chi connectivity index (χ3n) is 4.47. The topological polar surface area (TPSA) is 94.2 Å². The average Bonchev–Trinajstić information content (AvgIpc) is 3.15. The molecule has 0 saturated carbocycles. The number of nitrogens with zero attached hydrogens (tertiary/aromatic N) is 3. The molecular formula is C18H16FN4O3S-. The van der Waals surface area contributed by atoms with Gasteiger partial charge in [-0.2, -0.15) is 5.10 Å². The van der Waals surface area contributed by atoms with E-state index in [1.54, 1.807) is 18.3 Å². The highest BCUT2D eigenvalue weighted by molar-refractivity contribution is 7.80. The number of H-pyrrole nitrogens is 1. The van der Waals surface area contributed by atoms with E-state index in [4.69, 9.17) is 4.74 Å². The van der Waals surface area contributed by atoms with E-state index >= 15 is 0 Å². The largest absolute Gasteiger partial charge is 0.755 e. The summed E-state index contributed by atoms with van der Waals surface area (Å²) in [6.45, 7) is 0. The Bertz CT molecular complexity index is 946. The van der Waals surface area contributed by atoms with Crippen molar-refractivity contribution in [2.24, 2.45) is 0 Å². The molecule has 2 heterocycles. The smallest absolute Gasteiger partial charge is 0.219 e. The molecule has 1 aromatic carbocycles. The summed E-state index contributed by atoms with van der Waals surface area (Å²) >= 11 is -2.47. The minimum absolute atomic E-state index is 0.287. The monoisotopic (exact) mass is 387 g/mol. The van der Waals surface area contributed by atoms with Crippen molar-refractivity contribution >= 4 is 17.0 Å². The minimum atomic E-state index is -2.47. The van der Waals surface area contributed by atoms with Crippen LogP contribution in [0.15, 0.2) is 48.8 Å². The summed E-state index contributed by atoms with van der Waals surface area (Å²) in [5.74, 6) is 0.371. The summed E-state index contributed by atoms with van der Waals surface area (Å²) in [5, 5.41) is 6.97. The highest BCUT2D eigenvalue weighted by atomic mass is 32.2. The van der Waals surface area contributed by atoms with Crippen LogP contribution >= 0.6 is 0 Å². The van der Waals surface area contributed by atoms with E-state index in [0.717, 1.165) is 24.1 Å². The van der Waals surface area contributed by atoms with Crippen LogP contribution in [-0.4, -0.2) is 23.9 Å². The predicted molar refractivity (Wildman–Crippen MR) is 96.4 cm³/mol. The molecule has 4 rings (SSSR count). The molecule has 7 nitrogen and oxygen atoms in total. The Labute approximate surface area is 157 Å². The van der Waals surface area contributed by atoms with E-state index < -0.39 is 11.3 Å². The van der Waals surface area contributed by atoms with Crippen LogP contribution in [0.25, 0.3) is 0 Å². The Morgan fingerprint density at radius 2 is 2.04 bits per heavy atom. The van der Waals surface area contributed by atoms with Gasteiger partial charge in [-0.05, 0) is 49.6 Å². The summed E-state index contributed by atoms with van der Waals surface area (Å²) in [7, 11) is 0. The van der Waals surface area contributed by atoms with E-state index in [-0.39, 0.29) is 17.7 Å². The molecule has 3 aromatic rings. The van der Waals surface area contributed by atoms with Crippen molar-refractivity contribution in [2.75, 3.05) is 4.31 Å². The van der Waals surface area contributed by atoms with E-state index in [9.17, 15) is 13.2 Å². The standard InChI is InChI=1S/C18H17FN4O3S/c19-12-4-7-14(8-5-12)26-18-9-6-13(10-20-18)23(27(24)25)17-3-1-2-16-15(17)11-21-22-16/h4-11,17H,1-3H2,(H,21,22)(H,24,25)/p-1. The molecule has 1 N–H and O–H groups in total. The first-order valence-corrected chi connectivity index (χ1v) is 9.45. The number of ether oxygens (including phenoxy) is 1. The van der Waals surface area contributed by atoms with Crippen molar-refractivity contribution in [1.82, 2.24) is 15.2 Å². The molecule has 0 amide bonds. The normalized spacial score (nSPS) is 17.2. The fourth-order valence-corrected chi connectivity index (χ4v) is 3.94. The molecule has 0 radical (unpaired) electrons. The van der Waals surface area contributed by atoms with Gasteiger partial charge in [0.1, 0.15) is 11.6 Å². The van der Waals surface area contributed by atoms with Crippen LogP contribution in [0.5, 0.6) is 11.6 Å². The lowest BCUT2D eigenvalue weighted by Crippen LogP contribution is -2.32. The van der Waals surface area contributed by atoms with E-state index in [1.165, 1.54) is 34.8 Å². The molecule has 2 aromatic heterocycles. The summed E-state index contributed by atoms with van der Waals surface area (Å²) in [5.41, 5.74) is 2.29. The van der Waals surface area contributed by atoms with Crippen molar-refractivity contribution in [3.63, 3.8) is 0 Å². The van der Waals surface area contributed by atoms with Crippen LogP contribution in [0.4, 0.5) is 10.1 Å². The highest BCUT2D eigenvalue weighted by Gasteiger charge is 2.28. The molecule has 1 aliphatic carbocycles. The first kappa shape index (κ1) is 17.6. The van der Waals surface area contributed by atoms with Crippen molar-refractivity contribution in [3.05, 3.63) is 65.9 Å². The molecule has 9 heteroatoms. The van der Waals surface area contributed by atoms with Gasteiger partial charge in [0.05, 0.1) is 24.1 Å². The summed E-state index contributed by atoms with van der Waals surface area (Å²) in [4.78, 5) is 4.18. The van der Waals surface area contributed by atoms with Crippen LogP contribution in [0.2, 0.25) is 0 Å². The second kappa shape index (κ2) is 7.45. The van der Waals surface area contributed by atoms with Crippen molar-refractivity contribution in [3.8, 4) is 11.6 Å². The maximum absolute atomic E-state index is 13.0. The lowest BCUT2D eigenvalue weighted by atomic mass is 9.93. The molecule has 27 heavy (non-hydrogen) atoms. The van der Waals surface area contributed by atoms with Gasteiger partial charge in [0.25, 0.3) is 0 Å². The molecule has 2 unspecified atom stereocenters. The zero-order valence-corrected chi connectivity index (χ0v) is 15.0. The van der Waals surface area contributed by atoms with Crippen LogP contribution in [0.3, 0.4) is 0 Å². The van der Waals surface area contributed by atoms with Crippen LogP contribution in [-0.2, 0) is 17.7 Å². The number of anilines is 1. The molecule has 0 aliphatic heterocycles. The van der Waals surface area contributed by atoms with Crippen molar-refractivity contribution < 1.29 is 17.9 Å². The molecule has 2 atom stereocenters. The van der Waals surface area contributed by atoms with Crippen molar-refractivity contribution in [1.29, 1.82) is 0 Å². The number of hydrogen-bond donors (Lipinski definition) is 1. The highest BCUT2D eigenvalue weighted by Crippen LogP contribution is 2.37. The van der Waals surface area contributed by atoms with Gasteiger partial charge >= 0.3 is 0 Å². The molecule has 0 fully saturated rings. The number of benzene rings is 1. The predicted octanol–water partition coefficient (Wildman–Crippen LogP) is 3.41. The Kier molecular flexibility index (Phi) is 4.87. The minimum Gasteiger partial charge on any atom is -0.755 e. The Hall–Kier alpha value is -2.78. The lowest BCUT2D eigenvalue weighted by Gasteiger charge is -2.36. The molecular weight excluding hydrogens is 371 g/mol. The number of aryl methyl sites for hydroxylation is 1. The van der Waals surface area contributed by atoms with Gasteiger partial charge in [-0.25, -0.2) is 9.37 Å². The first-order valence-electron chi connectivity index (χ1n) is 8.42. The average molecular weight is 387 g/mol. The van der Waals surface area contributed by atoms with E-state index in [2.05, 4.69) is 15.2 Å². The van der Waals surface area contributed by atoms with Gasteiger partial charge in [-0.15, -0.1) is 0 Å². The second-order valence-corrected chi connectivity index (χ2v) is 6.99. The van der Waals surface area contributed by atoms with Crippen LogP contribution in [0, 0.1) is 5.82 Å². The number of halogens is 1. The fourth-order valence-electron chi connectivity index (χ4n) is 3.24. The van der Waals surface area contributed by atoms with Gasteiger partial charge in [0.2, 0.25) is 5.88 Å². The van der Waals surface area contributed by atoms with Crippen LogP contribution in [0.1, 0.15) is 30.1 Å². The Morgan fingerprint density at radius 3 is 2.74 bits per heavy atom. The Balaban J connectivity index is 1.58. The summed E-state index contributed by atoms with van der Waals surface area (Å²) in [6.07, 6.45) is 5.55. The fraction of sp³-hybridized carbons (Fsp3) is 0.222. The summed E-state index contributed by atoms with van der Waals surface area (Å²) in [6, 6.07) is 8.46. The summed E-state index contributed by atoms with van der Waals surface area (Å²) < 4.78 is 43.7. The van der Waals surface area contributed by atoms with Gasteiger partial charge in [-0.3, -0.25) is 13.6 Å². The third-order valence-corrected chi connectivity index (χ3v) is 5.26. The lowest BCUT2D eigenvalue weighted by molar-refractivity contribution is 0.460. The van der Waals surface area contributed by atoms with Gasteiger partial charge in [0, 0.05) is 28.6 Å². The maximum atomic E-state index is 13.0. The zero-order chi connectivity index (χ0) is 18.8. The SMILES string of the molecule is O=S([O-])N(c1ccc(Oc2ccc(F)cc2)nc1)C1CCCc2[nH]ncc21. The molecule has 0 spiro atoms. The third kappa shape index (κ3) is 3.69. The van der Waals surface area contributed by atoms with E-state index in [0.29, 0.717) is 17.9 Å².